The van der Waals surface area contributed by atoms with Gasteiger partial charge in [-0.1, -0.05) is 0 Å². The number of hydrogen-bond acceptors (Lipinski definition) is 4. The molecule has 2 rings (SSSR count). The molecule has 0 atom stereocenters. The quantitative estimate of drug-likeness (QED) is 0.755. The Morgan fingerprint density at radius 1 is 1.50 bits per heavy atom. The van der Waals surface area contributed by atoms with Crippen molar-refractivity contribution >= 4 is 17.4 Å². The van der Waals surface area contributed by atoms with E-state index in [1.807, 2.05) is 16.5 Å². The van der Waals surface area contributed by atoms with E-state index in [9.17, 15) is 4.79 Å². The van der Waals surface area contributed by atoms with Crippen LogP contribution in [0.5, 0.6) is 0 Å². The van der Waals surface area contributed by atoms with Crippen molar-refractivity contribution in [3.8, 4) is 0 Å². The second-order valence-electron chi connectivity index (χ2n) is 3.95. The van der Waals surface area contributed by atoms with Gasteiger partial charge in [0.15, 0.2) is 0 Å². The molecule has 0 aliphatic carbocycles. The molecular weight excluding hydrogens is 228 g/mol. The van der Waals surface area contributed by atoms with Gasteiger partial charge in [-0.05, 0) is 31.0 Å². The van der Waals surface area contributed by atoms with Crippen LogP contribution < -0.4 is 16.2 Å². The van der Waals surface area contributed by atoms with Crippen LogP contribution in [0.15, 0.2) is 4.79 Å². The van der Waals surface area contributed by atoms with Crippen molar-refractivity contribution in [2.24, 2.45) is 5.73 Å². The van der Waals surface area contributed by atoms with Crippen LogP contribution in [0, 0.1) is 0 Å². The van der Waals surface area contributed by atoms with Crippen LogP contribution in [-0.4, -0.2) is 29.7 Å². The third kappa shape index (κ3) is 1.81. The minimum Gasteiger partial charge on any atom is -0.361 e. The lowest BCUT2D eigenvalue weighted by atomic mass is 10.1. The molecule has 1 aliphatic heterocycles. The van der Waals surface area contributed by atoms with Gasteiger partial charge in [0.1, 0.15) is 5.82 Å². The standard InChI is InChI=1S/C10H15ClN4O/c1-14-5-2-6-15-9(14)7(3-4-12)8(16)13-10(15)11/h2-6,12H2,1H3. The molecule has 0 saturated heterocycles. The second kappa shape index (κ2) is 4.43. The molecule has 2 N–H and O–H groups in total. The van der Waals surface area contributed by atoms with E-state index in [1.54, 1.807) is 0 Å². The van der Waals surface area contributed by atoms with E-state index in [4.69, 9.17) is 17.3 Å². The Labute approximate surface area is 98.8 Å². The normalized spacial score (nSPS) is 15.1. The zero-order chi connectivity index (χ0) is 11.7. The average Bonchev–Trinajstić information content (AvgIpc) is 2.24. The van der Waals surface area contributed by atoms with Crippen molar-refractivity contribution in [3.63, 3.8) is 0 Å². The minimum absolute atomic E-state index is 0.254. The molecule has 0 bridgehead atoms. The van der Waals surface area contributed by atoms with Gasteiger partial charge in [0.2, 0.25) is 5.28 Å². The van der Waals surface area contributed by atoms with Gasteiger partial charge in [0, 0.05) is 20.1 Å². The molecule has 1 aliphatic rings. The summed E-state index contributed by atoms with van der Waals surface area (Å²) in [5.41, 5.74) is 5.94. The highest BCUT2D eigenvalue weighted by atomic mass is 35.5. The summed E-state index contributed by atoms with van der Waals surface area (Å²) in [7, 11) is 1.96. The van der Waals surface area contributed by atoms with Crippen LogP contribution >= 0.6 is 11.6 Å². The maximum Gasteiger partial charge on any atom is 0.279 e. The smallest absolute Gasteiger partial charge is 0.279 e. The highest BCUT2D eigenvalue weighted by Gasteiger charge is 2.21. The van der Waals surface area contributed by atoms with Crippen LogP contribution in [0.25, 0.3) is 0 Å². The van der Waals surface area contributed by atoms with E-state index in [2.05, 4.69) is 4.98 Å². The average molecular weight is 243 g/mol. The van der Waals surface area contributed by atoms with E-state index in [0.717, 1.165) is 25.3 Å². The first-order chi connectivity index (χ1) is 7.65. The molecule has 0 radical (unpaired) electrons. The van der Waals surface area contributed by atoms with Crippen LogP contribution in [0.1, 0.15) is 12.0 Å². The molecule has 2 heterocycles. The van der Waals surface area contributed by atoms with Crippen molar-refractivity contribution in [2.45, 2.75) is 19.4 Å². The lowest BCUT2D eigenvalue weighted by molar-refractivity contribution is 0.563. The Morgan fingerprint density at radius 3 is 2.94 bits per heavy atom. The maximum absolute atomic E-state index is 11.8. The fraction of sp³-hybridized carbons (Fsp3) is 0.600. The van der Waals surface area contributed by atoms with Gasteiger partial charge < -0.3 is 15.2 Å². The zero-order valence-corrected chi connectivity index (χ0v) is 10.00. The number of halogens is 1. The number of nitrogens with two attached hydrogens (primary N) is 1. The zero-order valence-electron chi connectivity index (χ0n) is 9.24. The Kier molecular flexibility index (Phi) is 3.16. The SMILES string of the molecule is CN1CCCn2c(Cl)nc(=O)c(CCN)c21. The molecule has 0 saturated carbocycles. The van der Waals surface area contributed by atoms with Crippen molar-refractivity contribution in [2.75, 3.05) is 25.0 Å². The lowest BCUT2D eigenvalue weighted by Gasteiger charge is -2.31. The van der Waals surface area contributed by atoms with E-state index >= 15 is 0 Å². The summed E-state index contributed by atoms with van der Waals surface area (Å²) in [6.07, 6.45) is 1.55. The summed E-state index contributed by atoms with van der Waals surface area (Å²) >= 11 is 5.98. The third-order valence-electron chi connectivity index (χ3n) is 2.83. The molecular formula is C10H15ClN4O. The van der Waals surface area contributed by atoms with Gasteiger partial charge in [0.05, 0.1) is 5.56 Å². The van der Waals surface area contributed by atoms with Gasteiger partial charge in [-0.25, -0.2) is 0 Å². The predicted octanol–water partition coefficient (Wildman–Crippen LogP) is 0.238. The first kappa shape index (κ1) is 11.4. The molecule has 0 fully saturated rings. The van der Waals surface area contributed by atoms with E-state index in [0.29, 0.717) is 18.5 Å². The molecule has 6 heteroatoms. The van der Waals surface area contributed by atoms with Crippen LogP contribution in [-0.2, 0) is 13.0 Å². The van der Waals surface area contributed by atoms with Gasteiger partial charge in [-0.2, -0.15) is 4.98 Å². The van der Waals surface area contributed by atoms with E-state index in [-0.39, 0.29) is 10.8 Å². The summed E-state index contributed by atoms with van der Waals surface area (Å²) in [6, 6.07) is 0. The number of aromatic nitrogens is 2. The Balaban J connectivity index is 2.64. The Morgan fingerprint density at radius 2 is 2.25 bits per heavy atom. The molecule has 0 unspecified atom stereocenters. The molecule has 0 amide bonds. The Bertz CT molecular complexity index is 457. The maximum atomic E-state index is 11.8. The molecule has 5 nitrogen and oxygen atoms in total. The minimum atomic E-state index is -0.254. The fourth-order valence-corrected chi connectivity index (χ4v) is 2.37. The molecule has 88 valence electrons. The van der Waals surface area contributed by atoms with Gasteiger partial charge >= 0.3 is 0 Å². The summed E-state index contributed by atoms with van der Waals surface area (Å²) in [6.45, 7) is 2.18. The van der Waals surface area contributed by atoms with E-state index in [1.165, 1.54) is 0 Å². The summed E-state index contributed by atoms with van der Waals surface area (Å²) < 4.78 is 1.89. The summed E-state index contributed by atoms with van der Waals surface area (Å²) in [4.78, 5) is 17.6. The van der Waals surface area contributed by atoms with Crippen LogP contribution in [0.2, 0.25) is 5.28 Å². The van der Waals surface area contributed by atoms with E-state index < -0.39 is 0 Å². The summed E-state index contributed by atoms with van der Waals surface area (Å²) in [5.74, 6) is 0.877. The van der Waals surface area contributed by atoms with Gasteiger partial charge in [0.25, 0.3) is 5.56 Å². The van der Waals surface area contributed by atoms with Crippen LogP contribution in [0.3, 0.4) is 0 Å². The lowest BCUT2D eigenvalue weighted by Crippen LogP contribution is -2.35. The monoisotopic (exact) mass is 242 g/mol. The molecule has 1 aromatic rings. The third-order valence-corrected chi connectivity index (χ3v) is 3.12. The predicted molar refractivity (Wildman–Crippen MR) is 64.2 cm³/mol. The van der Waals surface area contributed by atoms with Crippen LogP contribution in [0.4, 0.5) is 5.82 Å². The number of nitrogens with zero attached hydrogens (tertiary/aromatic N) is 3. The Hall–Kier alpha value is -1.07. The molecule has 0 spiro atoms. The molecule has 1 aromatic heterocycles. The summed E-state index contributed by atoms with van der Waals surface area (Å²) in [5, 5.41) is 0.271. The molecule has 0 aromatic carbocycles. The number of rotatable bonds is 2. The highest BCUT2D eigenvalue weighted by molar-refractivity contribution is 6.28. The molecule has 16 heavy (non-hydrogen) atoms. The topological polar surface area (TPSA) is 64.2 Å². The van der Waals surface area contributed by atoms with Gasteiger partial charge in [-0.3, -0.25) is 4.79 Å². The first-order valence-electron chi connectivity index (χ1n) is 5.35. The largest absolute Gasteiger partial charge is 0.361 e. The van der Waals surface area contributed by atoms with Crippen molar-refractivity contribution in [3.05, 3.63) is 21.2 Å². The van der Waals surface area contributed by atoms with Gasteiger partial charge in [-0.15, -0.1) is 0 Å². The first-order valence-corrected chi connectivity index (χ1v) is 5.73. The number of hydrogen-bond donors (Lipinski definition) is 1. The fourth-order valence-electron chi connectivity index (χ4n) is 2.13. The van der Waals surface area contributed by atoms with Crippen molar-refractivity contribution < 1.29 is 0 Å². The number of fused-ring (bicyclic) bond motifs is 1. The van der Waals surface area contributed by atoms with Crippen molar-refractivity contribution in [1.82, 2.24) is 9.55 Å². The van der Waals surface area contributed by atoms with Crippen molar-refractivity contribution in [1.29, 1.82) is 0 Å². The second-order valence-corrected chi connectivity index (χ2v) is 4.29. The number of anilines is 1. The highest BCUT2D eigenvalue weighted by Crippen LogP contribution is 2.24.